The molecule has 1 aromatic rings. The average molecular weight is 250 g/mol. The van der Waals surface area contributed by atoms with Gasteiger partial charge in [-0.2, -0.15) is 5.10 Å². The second-order valence-electron chi connectivity index (χ2n) is 3.36. The number of carboxylic acid groups (broad SMARTS) is 1. The second kappa shape index (κ2) is 7.05. The van der Waals surface area contributed by atoms with Crippen LogP contribution in [0, 0.1) is 0 Å². The Hall–Kier alpha value is -2.37. The van der Waals surface area contributed by atoms with Crippen LogP contribution in [0.1, 0.15) is 12.5 Å². The van der Waals surface area contributed by atoms with Crippen LogP contribution in [0.5, 0.6) is 0 Å². The standard InChI is InChI=1S/C12H14N2O4/c1-2-18-12(17)14-13-10(11(15)16)8-9-6-4-3-5-7-9/h3-7H,2,8H2,1H3,(H,14,17)(H,15,16)/b13-10-. The lowest BCUT2D eigenvalue weighted by atomic mass is 10.1. The summed E-state index contributed by atoms with van der Waals surface area (Å²) >= 11 is 0. The average Bonchev–Trinajstić information content (AvgIpc) is 2.35. The molecule has 0 radical (unpaired) electrons. The van der Waals surface area contributed by atoms with Gasteiger partial charge in [0, 0.05) is 6.42 Å². The highest BCUT2D eigenvalue weighted by Crippen LogP contribution is 2.01. The van der Waals surface area contributed by atoms with Crippen LogP contribution < -0.4 is 5.43 Å². The molecule has 6 nitrogen and oxygen atoms in total. The molecular weight excluding hydrogens is 236 g/mol. The molecule has 0 aromatic heterocycles. The number of carbonyl (C=O) groups excluding carboxylic acids is 1. The zero-order valence-corrected chi connectivity index (χ0v) is 9.92. The molecule has 0 aliphatic rings. The molecular formula is C12H14N2O4. The predicted molar refractivity (Wildman–Crippen MR) is 65.4 cm³/mol. The lowest BCUT2D eigenvalue weighted by Gasteiger charge is -2.03. The van der Waals surface area contributed by atoms with Gasteiger partial charge in [0.15, 0.2) is 0 Å². The molecule has 2 N–H and O–H groups in total. The van der Waals surface area contributed by atoms with E-state index < -0.39 is 12.1 Å². The van der Waals surface area contributed by atoms with E-state index in [-0.39, 0.29) is 18.7 Å². The number of carbonyl (C=O) groups is 2. The number of hydrazone groups is 1. The Morgan fingerprint density at radius 3 is 2.56 bits per heavy atom. The Morgan fingerprint density at radius 1 is 1.33 bits per heavy atom. The molecule has 0 heterocycles. The van der Waals surface area contributed by atoms with Crippen molar-refractivity contribution in [2.45, 2.75) is 13.3 Å². The van der Waals surface area contributed by atoms with Gasteiger partial charge in [0.25, 0.3) is 0 Å². The maximum absolute atomic E-state index is 11.0. The van der Waals surface area contributed by atoms with Crippen LogP contribution in [0.3, 0.4) is 0 Å². The van der Waals surface area contributed by atoms with Crippen LogP contribution >= 0.6 is 0 Å². The number of nitrogens with zero attached hydrogens (tertiary/aromatic N) is 1. The summed E-state index contributed by atoms with van der Waals surface area (Å²) in [5.41, 5.74) is 2.67. The molecule has 1 aromatic carbocycles. The highest BCUT2D eigenvalue weighted by atomic mass is 16.5. The van der Waals surface area contributed by atoms with E-state index in [1.807, 2.05) is 11.5 Å². The first-order valence-corrected chi connectivity index (χ1v) is 5.40. The highest BCUT2D eigenvalue weighted by Gasteiger charge is 2.11. The molecule has 6 heteroatoms. The molecule has 0 spiro atoms. The van der Waals surface area contributed by atoms with Gasteiger partial charge in [0.05, 0.1) is 6.61 Å². The van der Waals surface area contributed by atoms with E-state index in [1.54, 1.807) is 31.2 Å². The minimum absolute atomic E-state index is 0.128. The van der Waals surface area contributed by atoms with Crippen molar-refractivity contribution >= 4 is 17.8 Å². The lowest BCUT2D eigenvalue weighted by molar-refractivity contribution is -0.129. The molecule has 0 saturated carbocycles. The SMILES string of the molecule is CCOC(=O)N/N=C(/Cc1ccccc1)C(=O)O. The van der Waals surface area contributed by atoms with E-state index >= 15 is 0 Å². The summed E-state index contributed by atoms with van der Waals surface area (Å²) in [4.78, 5) is 21.9. The molecule has 0 unspecified atom stereocenters. The Balaban J connectivity index is 2.68. The van der Waals surface area contributed by atoms with Crippen molar-refractivity contribution in [3.63, 3.8) is 0 Å². The quantitative estimate of drug-likeness (QED) is 0.611. The first-order valence-electron chi connectivity index (χ1n) is 5.40. The van der Waals surface area contributed by atoms with Gasteiger partial charge in [-0.15, -0.1) is 0 Å². The van der Waals surface area contributed by atoms with Gasteiger partial charge in [-0.3, -0.25) is 0 Å². The zero-order chi connectivity index (χ0) is 13.4. The number of benzene rings is 1. The summed E-state index contributed by atoms with van der Waals surface area (Å²) in [5.74, 6) is -1.18. The molecule has 1 amide bonds. The van der Waals surface area contributed by atoms with Crippen LogP contribution in [0.15, 0.2) is 35.4 Å². The highest BCUT2D eigenvalue weighted by molar-refractivity contribution is 6.36. The molecule has 96 valence electrons. The van der Waals surface area contributed by atoms with Gasteiger partial charge in [-0.05, 0) is 12.5 Å². The maximum atomic E-state index is 11.0. The van der Waals surface area contributed by atoms with Crippen LogP contribution in [0.4, 0.5) is 4.79 Å². The van der Waals surface area contributed by atoms with Gasteiger partial charge in [-0.1, -0.05) is 30.3 Å². The minimum Gasteiger partial charge on any atom is -0.477 e. The van der Waals surface area contributed by atoms with Gasteiger partial charge in [-0.25, -0.2) is 15.0 Å². The third kappa shape index (κ3) is 4.65. The third-order valence-electron chi connectivity index (χ3n) is 2.02. The monoisotopic (exact) mass is 250 g/mol. The lowest BCUT2D eigenvalue weighted by Crippen LogP contribution is -2.25. The van der Waals surface area contributed by atoms with Crippen molar-refractivity contribution < 1.29 is 19.4 Å². The summed E-state index contributed by atoms with van der Waals surface area (Å²) in [6.07, 6.45) is -0.646. The van der Waals surface area contributed by atoms with E-state index in [1.165, 1.54) is 0 Å². The first kappa shape index (κ1) is 13.7. The van der Waals surface area contributed by atoms with E-state index in [9.17, 15) is 9.59 Å². The summed E-state index contributed by atoms with van der Waals surface area (Å²) < 4.78 is 4.57. The number of amides is 1. The molecule has 0 atom stereocenters. The van der Waals surface area contributed by atoms with E-state index in [0.29, 0.717) is 0 Å². The van der Waals surface area contributed by atoms with Crippen LogP contribution in [0.2, 0.25) is 0 Å². The molecule has 0 saturated heterocycles. The van der Waals surface area contributed by atoms with Crippen LogP contribution in [0.25, 0.3) is 0 Å². The smallest absolute Gasteiger partial charge is 0.427 e. The number of hydrogen-bond acceptors (Lipinski definition) is 4. The van der Waals surface area contributed by atoms with E-state index in [4.69, 9.17) is 5.11 Å². The second-order valence-corrected chi connectivity index (χ2v) is 3.36. The minimum atomic E-state index is -1.18. The fraction of sp³-hybridized carbons (Fsp3) is 0.250. The Labute approximate surface area is 104 Å². The summed E-state index contributed by atoms with van der Waals surface area (Å²) in [6.45, 7) is 1.84. The summed E-state index contributed by atoms with van der Waals surface area (Å²) in [7, 11) is 0. The number of hydrogen-bond donors (Lipinski definition) is 2. The largest absolute Gasteiger partial charge is 0.477 e. The van der Waals surface area contributed by atoms with Crippen molar-refractivity contribution in [3.05, 3.63) is 35.9 Å². The Bertz CT molecular complexity index is 443. The molecule has 0 aliphatic heterocycles. The van der Waals surface area contributed by atoms with Gasteiger partial charge < -0.3 is 9.84 Å². The zero-order valence-electron chi connectivity index (χ0n) is 9.92. The van der Waals surface area contributed by atoms with Crippen molar-refractivity contribution in [1.82, 2.24) is 5.43 Å². The molecule has 1 rings (SSSR count). The first-order chi connectivity index (χ1) is 8.63. The van der Waals surface area contributed by atoms with Crippen molar-refractivity contribution in [1.29, 1.82) is 0 Å². The van der Waals surface area contributed by atoms with Gasteiger partial charge in [0.1, 0.15) is 5.71 Å². The topological polar surface area (TPSA) is 88.0 Å². The Morgan fingerprint density at radius 2 is 2.00 bits per heavy atom. The normalized spacial score (nSPS) is 10.8. The van der Waals surface area contributed by atoms with Crippen molar-refractivity contribution in [2.75, 3.05) is 6.61 Å². The molecule has 18 heavy (non-hydrogen) atoms. The fourth-order valence-electron chi connectivity index (χ4n) is 1.23. The summed E-state index contributed by atoms with van der Waals surface area (Å²) in [5, 5.41) is 12.5. The number of rotatable bonds is 5. The van der Waals surface area contributed by atoms with Gasteiger partial charge in [0.2, 0.25) is 0 Å². The van der Waals surface area contributed by atoms with Crippen molar-refractivity contribution in [3.8, 4) is 0 Å². The van der Waals surface area contributed by atoms with Crippen LogP contribution in [-0.4, -0.2) is 29.5 Å². The summed E-state index contributed by atoms with van der Waals surface area (Å²) in [6, 6.07) is 8.99. The number of ether oxygens (including phenoxy) is 1. The molecule has 0 bridgehead atoms. The Kier molecular flexibility index (Phi) is 5.37. The molecule has 0 aliphatic carbocycles. The number of carboxylic acids is 1. The number of nitrogens with one attached hydrogen (secondary N) is 1. The molecule has 0 fully saturated rings. The predicted octanol–water partition coefficient (Wildman–Crippen LogP) is 1.42. The van der Waals surface area contributed by atoms with Crippen molar-refractivity contribution in [2.24, 2.45) is 5.10 Å². The number of aliphatic carboxylic acids is 1. The maximum Gasteiger partial charge on any atom is 0.427 e. The van der Waals surface area contributed by atoms with E-state index in [2.05, 4.69) is 9.84 Å². The third-order valence-corrected chi connectivity index (χ3v) is 2.02. The van der Waals surface area contributed by atoms with E-state index in [0.717, 1.165) is 5.56 Å². The fourth-order valence-corrected chi connectivity index (χ4v) is 1.23. The van der Waals surface area contributed by atoms with Gasteiger partial charge >= 0.3 is 12.1 Å². The van der Waals surface area contributed by atoms with Crippen LogP contribution in [-0.2, 0) is 16.0 Å².